The van der Waals surface area contributed by atoms with E-state index in [0.717, 1.165) is 5.69 Å². The molecule has 1 rings (SSSR count). The van der Waals surface area contributed by atoms with E-state index in [1.165, 1.54) is 0 Å². The first-order valence-electron chi connectivity index (χ1n) is 2.27. The summed E-state index contributed by atoms with van der Waals surface area (Å²) in [5.41, 5.74) is 1.07. The normalized spacial score (nSPS) is 7.62. The summed E-state index contributed by atoms with van der Waals surface area (Å²) in [5, 5.41) is 0. The molecular formula is C6H8ClN. The van der Waals surface area contributed by atoms with Crippen LogP contribution in [0.3, 0.4) is 0 Å². The van der Waals surface area contributed by atoms with Crippen molar-refractivity contribution in [2.45, 2.75) is 6.92 Å². The van der Waals surface area contributed by atoms with Crippen LogP contribution in [0.15, 0.2) is 24.4 Å². The quantitative estimate of drug-likeness (QED) is 0.521. The molecular weight excluding hydrogens is 122 g/mol. The monoisotopic (exact) mass is 129 g/mol. The summed E-state index contributed by atoms with van der Waals surface area (Å²) in [6, 6.07) is 5.86. The number of hydrogen-bond donors (Lipinski definition) is 0. The lowest BCUT2D eigenvalue weighted by molar-refractivity contribution is 1.20. The molecule has 0 aliphatic rings. The van der Waals surface area contributed by atoms with Crippen LogP contribution in [0.2, 0.25) is 0 Å². The maximum absolute atomic E-state index is 3.98. The van der Waals surface area contributed by atoms with Crippen molar-refractivity contribution in [1.29, 1.82) is 0 Å². The number of aryl methyl sites for hydroxylation is 1. The highest BCUT2D eigenvalue weighted by atomic mass is 35.5. The summed E-state index contributed by atoms with van der Waals surface area (Å²) in [7, 11) is 0. The van der Waals surface area contributed by atoms with Crippen molar-refractivity contribution in [1.82, 2.24) is 4.98 Å². The van der Waals surface area contributed by atoms with E-state index in [1.807, 2.05) is 25.1 Å². The Hall–Kier alpha value is -0.560. The van der Waals surface area contributed by atoms with Crippen molar-refractivity contribution >= 4 is 12.4 Å². The maximum atomic E-state index is 3.98. The van der Waals surface area contributed by atoms with Crippen molar-refractivity contribution in [2.24, 2.45) is 0 Å². The van der Waals surface area contributed by atoms with Gasteiger partial charge >= 0.3 is 0 Å². The molecule has 0 atom stereocenters. The first-order chi connectivity index (χ1) is 3.39. The Labute approximate surface area is 55.2 Å². The zero-order valence-corrected chi connectivity index (χ0v) is 5.48. The lowest BCUT2D eigenvalue weighted by atomic mass is 10.4. The number of hydrogen-bond acceptors (Lipinski definition) is 1. The molecule has 0 radical (unpaired) electrons. The molecule has 8 heavy (non-hydrogen) atoms. The first kappa shape index (κ1) is 7.44. The minimum absolute atomic E-state index is 0. The van der Waals surface area contributed by atoms with E-state index >= 15 is 0 Å². The van der Waals surface area contributed by atoms with Gasteiger partial charge in [0.2, 0.25) is 0 Å². The number of pyridine rings is 1. The lowest BCUT2D eigenvalue weighted by Gasteiger charge is -1.82. The van der Waals surface area contributed by atoms with E-state index in [0.29, 0.717) is 0 Å². The van der Waals surface area contributed by atoms with Gasteiger partial charge in [-0.1, -0.05) is 6.07 Å². The van der Waals surface area contributed by atoms with Crippen LogP contribution in [-0.2, 0) is 0 Å². The summed E-state index contributed by atoms with van der Waals surface area (Å²) in [4.78, 5) is 3.98. The summed E-state index contributed by atoms with van der Waals surface area (Å²) in [5.74, 6) is 0. The molecule has 1 aromatic heterocycles. The number of rotatable bonds is 0. The Morgan fingerprint density at radius 1 is 1.38 bits per heavy atom. The molecule has 0 spiro atoms. The molecule has 0 N–H and O–H groups in total. The molecule has 1 heterocycles. The second-order valence-corrected chi connectivity index (χ2v) is 1.47. The summed E-state index contributed by atoms with van der Waals surface area (Å²) >= 11 is 0. The van der Waals surface area contributed by atoms with Crippen LogP contribution in [0, 0.1) is 6.92 Å². The summed E-state index contributed by atoms with van der Waals surface area (Å²) < 4.78 is 0. The van der Waals surface area contributed by atoms with Crippen LogP contribution in [0.25, 0.3) is 0 Å². The van der Waals surface area contributed by atoms with Crippen molar-refractivity contribution in [3.8, 4) is 0 Å². The van der Waals surface area contributed by atoms with Crippen molar-refractivity contribution < 1.29 is 0 Å². The fourth-order valence-corrected chi connectivity index (χ4v) is 0.448. The molecule has 0 unspecified atom stereocenters. The largest absolute Gasteiger partial charge is 0.262 e. The lowest BCUT2D eigenvalue weighted by Crippen LogP contribution is -1.72. The standard InChI is InChI=1S/C6H7N.ClH/c1-6-4-2-3-5-7-6;/h2-5H,1H3;1H. The third-order valence-corrected chi connectivity index (χ3v) is 0.813. The summed E-state index contributed by atoms with van der Waals surface area (Å²) in [6.45, 7) is 1.97. The third-order valence-electron chi connectivity index (χ3n) is 0.813. The van der Waals surface area contributed by atoms with Crippen LogP contribution in [-0.4, -0.2) is 4.98 Å². The average Bonchev–Trinajstić information content (AvgIpc) is 1.69. The predicted molar refractivity (Wildman–Crippen MR) is 36.2 cm³/mol. The second-order valence-electron chi connectivity index (χ2n) is 1.47. The van der Waals surface area contributed by atoms with Crippen LogP contribution in [0.1, 0.15) is 5.69 Å². The molecule has 0 aromatic carbocycles. The third kappa shape index (κ3) is 1.94. The van der Waals surface area contributed by atoms with Crippen molar-refractivity contribution in [3.63, 3.8) is 0 Å². The second kappa shape index (κ2) is 3.44. The van der Waals surface area contributed by atoms with E-state index in [2.05, 4.69) is 4.98 Å². The van der Waals surface area contributed by atoms with Gasteiger partial charge in [-0.25, -0.2) is 0 Å². The highest BCUT2D eigenvalue weighted by Crippen LogP contribution is 1.85. The van der Waals surface area contributed by atoms with E-state index in [1.54, 1.807) is 6.20 Å². The molecule has 0 fully saturated rings. The molecule has 0 aliphatic carbocycles. The molecule has 1 nitrogen and oxygen atoms in total. The van der Waals surface area contributed by atoms with Gasteiger partial charge in [-0.05, 0) is 19.1 Å². The van der Waals surface area contributed by atoms with Gasteiger partial charge in [0.05, 0.1) is 0 Å². The van der Waals surface area contributed by atoms with E-state index in [4.69, 9.17) is 0 Å². The fraction of sp³-hybridized carbons (Fsp3) is 0.167. The van der Waals surface area contributed by atoms with Gasteiger partial charge in [-0.3, -0.25) is 4.98 Å². The van der Waals surface area contributed by atoms with Crippen LogP contribution in [0.4, 0.5) is 0 Å². The van der Waals surface area contributed by atoms with Gasteiger partial charge in [0, 0.05) is 11.9 Å². The molecule has 1 aromatic rings. The predicted octanol–water partition coefficient (Wildman–Crippen LogP) is 1.81. The highest BCUT2D eigenvalue weighted by Gasteiger charge is 1.73. The molecule has 2 heteroatoms. The van der Waals surface area contributed by atoms with Crippen LogP contribution < -0.4 is 0 Å². The van der Waals surface area contributed by atoms with Crippen molar-refractivity contribution in [2.75, 3.05) is 0 Å². The first-order valence-corrected chi connectivity index (χ1v) is 2.27. The zero-order chi connectivity index (χ0) is 5.11. The van der Waals surface area contributed by atoms with Gasteiger partial charge < -0.3 is 0 Å². The Kier molecular flexibility index (Phi) is 3.20. The Morgan fingerprint density at radius 2 is 2.12 bits per heavy atom. The maximum Gasteiger partial charge on any atom is 0.0372 e. The minimum atomic E-state index is 0. The van der Waals surface area contributed by atoms with E-state index in [9.17, 15) is 0 Å². The summed E-state index contributed by atoms with van der Waals surface area (Å²) in [6.07, 6.45) is 1.79. The van der Waals surface area contributed by atoms with Gasteiger partial charge in [0.15, 0.2) is 0 Å². The van der Waals surface area contributed by atoms with Crippen LogP contribution >= 0.6 is 12.4 Å². The van der Waals surface area contributed by atoms with Gasteiger partial charge in [-0.15, -0.1) is 12.4 Å². The molecule has 0 amide bonds. The minimum Gasteiger partial charge on any atom is -0.262 e. The van der Waals surface area contributed by atoms with Crippen molar-refractivity contribution in [3.05, 3.63) is 30.1 Å². The molecule has 0 aliphatic heterocycles. The fourth-order valence-electron chi connectivity index (χ4n) is 0.448. The SMILES string of the molecule is Cc1ccccn1.Cl. The van der Waals surface area contributed by atoms with E-state index in [-0.39, 0.29) is 12.4 Å². The molecule has 0 saturated carbocycles. The Morgan fingerprint density at radius 3 is 2.38 bits per heavy atom. The van der Waals surface area contributed by atoms with Gasteiger partial charge in [0.25, 0.3) is 0 Å². The molecule has 0 saturated heterocycles. The number of halogens is 1. The average molecular weight is 130 g/mol. The van der Waals surface area contributed by atoms with Gasteiger partial charge in [-0.2, -0.15) is 0 Å². The smallest absolute Gasteiger partial charge is 0.0372 e. The van der Waals surface area contributed by atoms with Crippen LogP contribution in [0.5, 0.6) is 0 Å². The zero-order valence-electron chi connectivity index (χ0n) is 4.66. The van der Waals surface area contributed by atoms with Gasteiger partial charge in [0.1, 0.15) is 0 Å². The topological polar surface area (TPSA) is 12.9 Å². The molecule has 0 bridgehead atoms. The molecule has 44 valence electrons. The highest BCUT2D eigenvalue weighted by molar-refractivity contribution is 5.85. The number of aromatic nitrogens is 1. The van der Waals surface area contributed by atoms with E-state index < -0.39 is 0 Å². The Bertz CT molecular complexity index is 138. The number of nitrogens with zero attached hydrogens (tertiary/aromatic N) is 1. The Balaban J connectivity index is 0.000000490.